The number of esters is 1. The summed E-state index contributed by atoms with van der Waals surface area (Å²) >= 11 is 0. The van der Waals surface area contributed by atoms with E-state index in [4.69, 9.17) is 5.26 Å². The summed E-state index contributed by atoms with van der Waals surface area (Å²) in [5.74, 6) is -2.86. The number of hydrogen-bond acceptors (Lipinski definition) is 5. The fourth-order valence-corrected chi connectivity index (χ4v) is 1.61. The number of halogens is 5. The Morgan fingerprint density at radius 1 is 1.30 bits per heavy atom. The first-order chi connectivity index (χ1) is 10.7. The zero-order chi connectivity index (χ0) is 17.6. The van der Waals surface area contributed by atoms with Crippen molar-refractivity contribution in [3.8, 4) is 17.6 Å². The lowest BCUT2D eigenvalue weighted by Crippen LogP contribution is -2.19. The third kappa shape index (κ3) is 5.98. The Balaban J connectivity index is 3.28. The number of hydrogen-bond donors (Lipinski definition) is 0. The average molecular weight is 339 g/mol. The summed E-state index contributed by atoms with van der Waals surface area (Å²) in [5.41, 5.74) is -0.491. The Labute approximate surface area is 127 Å². The van der Waals surface area contributed by atoms with Crippen molar-refractivity contribution in [3.05, 3.63) is 23.3 Å². The molecule has 10 heteroatoms. The first kappa shape index (κ1) is 18.5. The number of ether oxygens (including phenoxy) is 3. The zero-order valence-corrected chi connectivity index (χ0v) is 11.6. The number of rotatable bonds is 6. The summed E-state index contributed by atoms with van der Waals surface area (Å²) in [6, 6.07) is 2.86. The minimum atomic E-state index is -5.17. The van der Waals surface area contributed by atoms with Crippen LogP contribution in [0.25, 0.3) is 0 Å². The highest BCUT2D eigenvalue weighted by Gasteiger charge is 2.33. The van der Waals surface area contributed by atoms with Gasteiger partial charge in [0.25, 0.3) is 0 Å². The molecule has 0 radical (unpaired) electrons. The maximum absolute atomic E-state index is 12.3. The van der Waals surface area contributed by atoms with Crippen LogP contribution in [-0.2, 0) is 16.0 Å². The van der Waals surface area contributed by atoms with Gasteiger partial charge in [-0.25, -0.2) is 0 Å². The van der Waals surface area contributed by atoms with Gasteiger partial charge >= 0.3 is 18.9 Å². The van der Waals surface area contributed by atoms with Gasteiger partial charge < -0.3 is 14.2 Å². The van der Waals surface area contributed by atoms with Crippen molar-refractivity contribution in [3.63, 3.8) is 0 Å². The van der Waals surface area contributed by atoms with Crippen LogP contribution < -0.4 is 9.47 Å². The van der Waals surface area contributed by atoms with E-state index in [2.05, 4.69) is 14.2 Å². The maximum Gasteiger partial charge on any atom is 0.573 e. The molecule has 1 aromatic rings. The highest BCUT2D eigenvalue weighted by atomic mass is 19.4. The molecule has 1 rings (SSSR count). The summed E-state index contributed by atoms with van der Waals surface area (Å²) in [7, 11) is 0. The molecule has 0 bridgehead atoms. The van der Waals surface area contributed by atoms with E-state index in [1.54, 1.807) is 6.07 Å². The van der Waals surface area contributed by atoms with Crippen molar-refractivity contribution in [2.75, 3.05) is 6.61 Å². The van der Waals surface area contributed by atoms with E-state index in [-0.39, 0.29) is 17.7 Å². The molecular weight excluding hydrogens is 329 g/mol. The SMILES string of the molecule is CCOC(=O)Cc1cc(OC(F)(F)F)c(OC(F)F)cc1C#N. The molecule has 23 heavy (non-hydrogen) atoms. The number of nitriles is 1. The molecule has 0 spiro atoms. The quantitative estimate of drug-likeness (QED) is 0.588. The number of benzene rings is 1. The van der Waals surface area contributed by atoms with Gasteiger partial charge in [-0.1, -0.05) is 0 Å². The maximum atomic E-state index is 12.3. The summed E-state index contributed by atoms with van der Waals surface area (Å²) in [4.78, 5) is 11.4. The van der Waals surface area contributed by atoms with Gasteiger partial charge in [0.15, 0.2) is 11.5 Å². The van der Waals surface area contributed by atoms with Crippen LogP contribution in [0.4, 0.5) is 22.0 Å². The second-order valence-electron chi connectivity index (χ2n) is 3.98. The van der Waals surface area contributed by atoms with Gasteiger partial charge in [0.05, 0.1) is 24.7 Å². The lowest BCUT2D eigenvalue weighted by molar-refractivity contribution is -0.275. The first-order valence-electron chi connectivity index (χ1n) is 6.09. The van der Waals surface area contributed by atoms with Crippen LogP contribution in [0.3, 0.4) is 0 Å². The summed E-state index contributed by atoms with van der Waals surface area (Å²) in [6.45, 7) is -1.88. The minimum Gasteiger partial charge on any atom is -0.466 e. The van der Waals surface area contributed by atoms with E-state index in [0.717, 1.165) is 0 Å². The van der Waals surface area contributed by atoms with E-state index < -0.39 is 36.9 Å². The molecule has 0 aliphatic carbocycles. The molecule has 126 valence electrons. The lowest BCUT2D eigenvalue weighted by Gasteiger charge is -2.15. The first-order valence-corrected chi connectivity index (χ1v) is 6.09. The van der Waals surface area contributed by atoms with E-state index in [1.165, 1.54) is 6.92 Å². The van der Waals surface area contributed by atoms with Crippen LogP contribution in [0, 0.1) is 11.3 Å². The Morgan fingerprint density at radius 3 is 2.43 bits per heavy atom. The standard InChI is InChI=1S/C13H10F5NO4/c1-2-21-11(20)5-7-3-10(23-13(16,17)18)9(22-12(14)15)4-8(7)6-19/h3-4,12H,2,5H2,1H3. The molecule has 0 amide bonds. The fraction of sp³-hybridized carbons (Fsp3) is 0.385. The summed E-state index contributed by atoms with van der Waals surface area (Å²) in [5, 5.41) is 8.94. The third-order valence-electron chi connectivity index (χ3n) is 2.37. The van der Waals surface area contributed by atoms with E-state index in [1.807, 2.05) is 0 Å². The van der Waals surface area contributed by atoms with Crippen molar-refractivity contribution in [1.29, 1.82) is 5.26 Å². The highest BCUT2D eigenvalue weighted by molar-refractivity contribution is 5.74. The Hall–Kier alpha value is -2.57. The molecule has 0 unspecified atom stereocenters. The molecule has 5 nitrogen and oxygen atoms in total. The molecule has 0 heterocycles. The van der Waals surface area contributed by atoms with Gasteiger partial charge in [-0.05, 0) is 18.6 Å². The number of carbonyl (C=O) groups excluding carboxylic acids is 1. The number of nitrogens with zero attached hydrogens (tertiary/aromatic N) is 1. The summed E-state index contributed by atoms with van der Waals surface area (Å²) in [6.07, 6.45) is -5.70. The van der Waals surface area contributed by atoms with E-state index >= 15 is 0 Å². The normalized spacial score (nSPS) is 11.0. The smallest absolute Gasteiger partial charge is 0.466 e. The van der Waals surface area contributed by atoms with E-state index in [0.29, 0.717) is 12.1 Å². The molecular formula is C13H10F5NO4. The molecule has 1 aromatic carbocycles. The molecule has 0 fully saturated rings. The van der Waals surface area contributed by atoms with Crippen molar-refractivity contribution in [2.24, 2.45) is 0 Å². The van der Waals surface area contributed by atoms with Gasteiger partial charge in [0.2, 0.25) is 0 Å². The predicted molar refractivity (Wildman–Crippen MR) is 64.8 cm³/mol. The lowest BCUT2D eigenvalue weighted by atomic mass is 10.0. The number of alkyl halides is 5. The van der Waals surface area contributed by atoms with Crippen LogP contribution in [0.15, 0.2) is 12.1 Å². The molecule has 0 saturated carbocycles. The van der Waals surface area contributed by atoms with E-state index in [9.17, 15) is 26.7 Å². The Bertz CT molecular complexity index is 610. The highest BCUT2D eigenvalue weighted by Crippen LogP contribution is 2.36. The minimum absolute atomic E-state index is 0.0270. The van der Waals surface area contributed by atoms with Crippen LogP contribution in [0.1, 0.15) is 18.1 Å². The van der Waals surface area contributed by atoms with Gasteiger partial charge in [0.1, 0.15) is 0 Å². The molecule has 0 aromatic heterocycles. The fourth-order valence-electron chi connectivity index (χ4n) is 1.61. The van der Waals surface area contributed by atoms with Crippen molar-refractivity contribution in [2.45, 2.75) is 26.3 Å². The average Bonchev–Trinajstić information content (AvgIpc) is 2.39. The van der Waals surface area contributed by atoms with Gasteiger partial charge in [-0.15, -0.1) is 13.2 Å². The molecule has 0 saturated heterocycles. The molecule has 0 aliphatic rings. The largest absolute Gasteiger partial charge is 0.573 e. The van der Waals surface area contributed by atoms with Crippen LogP contribution >= 0.6 is 0 Å². The van der Waals surface area contributed by atoms with Crippen LogP contribution in [0.2, 0.25) is 0 Å². The van der Waals surface area contributed by atoms with Crippen molar-refractivity contribution < 1.29 is 41.0 Å². The van der Waals surface area contributed by atoms with Gasteiger partial charge in [-0.3, -0.25) is 4.79 Å². The predicted octanol–water partition coefficient (Wildman–Crippen LogP) is 3.16. The third-order valence-corrected chi connectivity index (χ3v) is 2.37. The topological polar surface area (TPSA) is 68.6 Å². The van der Waals surface area contributed by atoms with Crippen LogP contribution in [0.5, 0.6) is 11.5 Å². The van der Waals surface area contributed by atoms with Crippen LogP contribution in [-0.4, -0.2) is 25.6 Å². The van der Waals surface area contributed by atoms with Gasteiger partial charge in [0, 0.05) is 6.07 Å². The second kappa shape index (κ2) is 7.62. The Kier molecular flexibility index (Phi) is 6.12. The molecule has 0 aliphatic heterocycles. The van der Waals surface area contributed by atoms with Gasteiger partial charge in [-0.2, -0.15) is 14.0 Å². The Morgan fingerprint density at radius 2 is 1.96 bits per heavy atom. The van der Waals surface area contributed by atoms with Crippen molar-refractivity contribution in [1.82, 2.24) is 0 Å². The molecule has 0 atom stereocenters. The zero-order valence-electron chi connectivity index (χ0n) is 11.6. The summed E-state index contributed by atoms with van der Waals surface area (Å²) < 4.78 is 73.7. The number of carbonyl (C=O) groups is 1. The van der Waals surface area contributed by atoms with Crippen molar-refractivity contribution >= 4 is 5.97 Å². The monoisotopic (exact) mass is 339 g/mol. The molecule has 0 N–H and O–H groups in total. The second-order valence-corrected chi connectivity index (χ2v) is 3.98.